The van der Waals surface area contributed by atoms with Crippen LogP contribution in [-0.2, 0) is 20.6 Å². The molecule has 0 aromatic carbocycles. The van der Waals surface area contributed by atoms with Gasteiger partial charge in [-0.05, 0) is 18.6 Å². The van der Waals surface area contributed by atoms with Crippen molar-refractivity contribution in [3.8, 4) is 0 Å². The lowest BCUT2D eigenvalue weighted by Crippen LogP contribution is -2.39. The molecule has 6 heteroatoms. The highest BCUT2D eigenvalue weighted by atomic mass is 16.2. The lowest BCUT2D eigenvalue weighted by Gasteiger charge is -2.14. The summed E-state index contributed by atoms with van der Waals surface area (Å²) < 4.78 is 2.53. The van der Waals surface area contributed by atoms with E-state index in [0.717, 1.165) is 10.1 Å². The average molecular weight is 274 g/mol. The van der Waals surface area contributed by atoms with Crippen LogP contribution in [0.1, 0.15) is 24.1 Å². The summed E-state index contributed by atoms with van der Waals surface area (Å²) in [6.45, 7) is 2.40. The summed E-state index contributed by atoms with van der Waals surface area (Å²) in [4.78, 5) is 27.7. The van der Waals surface area contributed by atoms with Gasteiger partial charge in [0.05, 0.1) is 0 Å². The van der Waals surface area contributed by atoms with Crippen LogP contribution in [0.25, 0.3) is 0 Å². The first kappa shape index (κ1) is 14.2. The van der Waals surface area contributed by atoms with Crippen LogP contribution < -0.4 is 16.6 Å². The molecule has 2 aromatic heterocycles. The molecule has 1 atom stereocenters. The van der Waals surface area contributed by atoms with Crippen LogP contribution in [0.2, 0.25) is 0 Å². The normalized spacial score (nSPS) is 12.3. The van der Waals surface area contributed by atoms with E-state index < -0.39 is 0 Å². The molecular weight excluding hydrogens is 256 g/mol. The second kappa shape index (κ2) is 5.83. The van der Waals surface area contributed by atoms with Gasteiger partial charge in [0.2, 0.25) is 0 Å². The van der Waals surface area contributed by atoms with Crippen molar-refractivity contribution < 1.29 is 0 Å². The first-order valence-corrected chi connectivity index (χ1v) is 6.39. The van der Waals surface area contributed by atoms with Crippen LogP contribution in [0.3, 0.4) is 0 Å². The molecule has 2 heterocycles. The fraction of sp³-hybridized carbons (Fsp3) is 0.357. The Hall–Kier alpha value is -2.21. The third-order valence-electron chi connectivity index (χ3n) is 3.30. The highest BCUT2D eigenvalue weighted by Gasteiger charge is 2.09. The van der Waals surface area contributed by atoms with Gasteiger partial charge in [0.25, 0.3) is 5.56 Å². The van der Waals surface area contributed by atoms with Crippen LogP contribution in [0.5, 0.6) is 0 Å². The average Bonchev–Trinajstić information content (AvgIpc) is 2.48. The number of aromatic nitrogens is 3. The summed E-state index contributed by atoms with van der Waals surface area (Å²) >= 11 is 0. The minimum absolute atomic E-state index is 0.0747. The monoisotopic (exact) mass is 274 g/mol. The predicted molar refractivity (Wildman–Crippen MR) is 76.4 cm³/mol. The largest absolute Gasteiger partial charge is 0.330 e. The van der Waals surface area contributed by atoms with E-state index in [1.165, 1.54) is 11.6 Å². The van der Waals surface area contributed by atoms with E-state index >= 15 is 0 Å². The fourth-order valence-electron chi connectivity index (χ4n) is 2.02. The van der Waals surface area contributed by atoms with E-state index in [1.807, 2.05) is 19.1 Å². The minimum atomic E-state index is -0.320. The highest BCUT2D eigenvalue weighted by molar-refractivity contribution is 5.13. The Bertz CT molecular complexity index is 703. The Morgan fingerprint density at radius 3 is 2.75 bits per heavy atom. The molecule has 0 saturated heterocycles. The molecule has 1 N–H and O–H groups in total. The molecule has 0 bridgehead atoms. The van der Waals surface area contributed by atoms with E-state index in [2.05, 4.69) is 10.3 Å². The van der Waals surface area contributed by atoms with E-state index in [-0.39, 0.29) is 17.3 Å². The van der Waals surface area contributed by atoms with Crippen LogP contribution in [0, 0.1) is 0 Å². The first-order chi connectivity index (χ1) is 9.50. The molecule has 0 unspecified atom stereocenters. The number of hydrogen-bond acceptors (Lipinski definition) is 4. The number of nitrogens with one attached hydrogen (secondary N) is 1. The topological polar surface area (TPSA) is 68.9 Å². The maximum Gasteiger partial charge on any atom is 0.330 e. The van der Waals surface area contributed by atoms with Gasteiger partial charge in [-0.15, -0.1) is 0 Å². The van der Waals surface area contributed by atoms with Gasteiger partial charge in [-0.3, -0.25) is 14.3 Å². The molecule has 106 valence electrons. The highest BCUT2D eigenvalue weighted by Crippen LogP contribution is 2.09. The SMILES string of the molecule is C[C@@H](NCc1cn(C)c(=O)n(C)c1=O)c1cccnc1. The molecular formula is C14H18N4O2. The molecule has 0 radical (unpaired) electrons. The molecule has 0 spiro atoms. The van der Waals surface area contributed by atoms with Gasteiger partial charge in [-0.25, -0.2) is 4.79 Å². The molecule has 6 nitrogen and oxygen atoms in total. The molecule has 0 fully saturated rings. The van der Waals surface area contributed by atoms with Crippen molar-refractivity contribution in [3.63, 3.8) is 0 Å². The summed E-state index contributed by atoms with van der Waals surface area (Å²) in [5.74, 6) is 0. The van der Waals surface area contributed by atoms with Crippen LogP contribution in [0.4, 0.5) is 0 Å². The maximum atomic E-state index is 12.0. The second-order valence-electron chi connectivity index (χ2n) is 4.80. The summed E-state index contributed by atoms with van der Waals surface area (Å²) in [6, 6.07) is 3.92. The van der Waals surface area contributed by atoms with Gasteiger partial charge in [-0.1, -0.05) is 6.07 Å². The Labute approximate surface area is 116 Å². The van der Waals surface area contributed by atoms with Crippen molar-refractivity contribution in [2.75, 3.05) is 0 Å². The van der Waals surface area contributed by atoms with Crippen LogP contribution in [0.15, 0.2) is 40.3 Å². The molecule has 0 aliphatic rings. The molecule has 2 rings (SSSR count). The lowest BCUT2D eigenvalue weighted by molar-refractivity contribution is 0.557. The molecule has 2 aromatic rings. The van der Waals surface area contributed by atoms with Gasteiger partial charge in [0, 0.05) is 50.8 Å². The predicted octanol–water partition coefficient (Wildman–Crippen LogP) is 0.330. The van der Waals surface area contributed by atoms with Crippen molar-refractivity contribution >= 4 is 0 Å². The zero-order valence-corrected chi connectivity index (χ0v) is 11.8. The van der Waals surface area contributed by atoms with Gasteiger partial charge in [0.1, 0.15) is 0 Å². The Morgan fingerprint density at radius 1 is 1.35 bits per heavy atom. The Kier molecular flexibility index (Phi) is 4.14. The van der Waals surface area contributed by atoms with E-state index in [4.69, 9.17) is 0 Å². The Morgan fingerprint density at radius 2 is 2.10 bits per heavy atom. The third-order valence-corrected chi connectivity index (χ3v) is 3.30. The van der Waals surface area contributed by atoms with E-state index in [0.29, 0.717) is 12.1 Å². The molecule has 0 aliphatic heterocycles. The number of pyridine rings is 1. The number of hydrogen-bond donors (Lipinski definition) is 1. The first-order valence-electron chi connectivity index (χ1n) is 6.39. The zero-order valence-electron chi connectivity index (χ0n) is 11.8. The van der Waals surface area contributed by atoms with Crippen molar-refractivity contribution in [2.24, 2.45) is 14.1 Å². The summed E-state index contributed by atoms with van der Waals surface area (Å²) in [6.07, 6.45) is 5.09. The Balaban J connectivity index is 2.16. The fourth-order valence-corrected chi connectivity index (χ4v) is 2.02. The van der Waals surface area contributed by atoms with Crippen molar-refractivity contribution in [2.45, 2.75) is 19.5 Å². The summed E-state index contributed by atoms with van der Waals surface area (Å²) in [7, 11) is 3.12. The smallest absolute Gasteiger partial charge is 0.306 e. The summed E-state index contributed by atoms with van der Waals surface area (Å²) in [5, 5.41) is 3.26. The zero-order chi connectivity index (χ0) is 14.7. The molecule has 0 saturated carbocycles. The lowest BCUT2D eigenvalue weighted by atomic mass is 10.1. The second-order valence-corrected chi connectivity index (χ2v) is 4.80. The molecule has 0 amide bonds. The van der Waals surface area contributed by atoms with Crippen molar-refractivity contribution in [1.29, 1.82) is 0 Å². The van der Waals surface area contributed by atoms with Crippen LogP contribution in [-0.4, -0.2) is 14.1 Å². The van der Waals surface area contributed by atoms with Crippen molar-refractivity contribution in [1.82, 2.24) is 19.4 Å². The standard InChI is InChI=1S/C14H18N4O2/c1-10(11-5-4-6-15-7-11)16-8-12-9-17(2)14(20)18(3)13(12)19/h4-7,9-10,16H,8H2,1-3H3/t10-/m1/s1. The van der Waals surface area contributed by atoms with Gasteiger partial charge in [-0.2, -0.15) is 0 Å². The molecule has 0 aliphatic carbocycles. The van der Waals surface area contributed by atoms with Gasteiger partial charge >= 0.3 is 5.69 Å². The molecule has 20 heavy (non-hydrogen) atoms. The van der Waals surface area contributed by atoms with Crippen molar-refractivity contribution in [3.05, 3.63) is 62.7 Å². The van der Waals surface area contributed by atoms with Crippen LogP contribution >= 0.6 is 0 Å². The summed E-state index contributed by atoms with van der Waals surface area (Å²) in [5.41, 5.74) is 1.03. The van der Waals surface area contributed by atoms with E-state index in [1.54, 1.807) is 25.6 Å². The maximum absolute atomic E-state index is 12.0. The van der Waals surface area contributed by atoms with Gasteiger partial charge in [0.15, 0.2) is 0 Å². The third kappa shape index (κ3) is 2.85. The van der Waals surface area contributed by atoms with Gasteiger partial charge < -0.3 is 9.88 Å². The van der Waals surface area contributed by atoms with E-state index in [9.17, 15) is 9.59 Å². The number of aryl methyl sites for hydroxylation is 1. The number of rotatable bonds is 4. The quantitative estimate of drug-likeness (QED) is 0.872. The minimum Gasteiger partial charge on any atom is -0.306 e. The number of nitrogens with zero attached hydrogens (tertiary/aromatic N) is 3.